The standard InChI is InChI=1S/C19H24N4O4S2/c1-6-13(24)23(12-7-8-12)18-21-22-19(29-18)28-11(4)16(25)15-9(2)14(10(3)20-15)17(26)27-5/h11-12,20H,6-8H2,1-5H3. The zero-order valence-electron chi connectivity index (χ0n) is 17.1. The molecule has 0 radical (unpaired) electrons. The number of hydrogen-bond donors (Lipinski definition) is 1. The van der Waals surface area contributed by atoms with Crippen LogP contribution >= 0.6 is 23.1 Å². The van der Waals surface area contributed by atoms with E-state index in [0.717, 1.165) is 12.8 Å². The van der Waals surface area contributed by atoms with Crippen LogP contribution in [-0.4, -0.2) is 51.2 Å². The van der Waals surface area contributed by atoms with Gasteiger partial charge in [-0.1, -0.05) is 30.0 Å². The maximum Gasteiger partial charge on any atom is 0.339 e. The lowest BCUT2D eigenvalue weighted by Gasteiger charge is -2.17. The number of anilines is 1. The number of aromatic nitrogens is 3. The maximum atomic E-state index is 12.9. The lowest BCUT2D eigenvalue weighted by atomic mass is 10.1. The van der Waals surface area contributed by atoms with Crippen LogP contribution in [0.5, 0.6) is 0 Å². The number of hydrogen-bond acceptors (Lipinski definition) is 8. The largest absolute Gasteiger partial charge is 0.465 e. The van der Waals surface area contributed by atoms with Gasteiger partial charge in [0, 0.05) is 18.2 Å². The van der Waals surface area contributed by atoms with Gasteiger partial charge in [-0.3, -0.25) is 14.5 Å². The van der Waals surface area contributed by atoms with E-state index in [0.29, 0.717) is 38.4 Å². The highest BCUT2D eigenvalue weighted by Crippen LogP contribution is 2.37. The van der Waals surface area contributed by atoms with Crippen LogP contribution in [-0.2, 0) is 9.53 Å². The minimum atomic E-state index is -0.467. The minimum Gasteiger partial charge on any atom is -0.465 e. The number of nitrogens with one attached hydrogen (secondary N) is 1. The summed E-state index contributed by atoms with van der Waals surface area (Å²) in [5.41, 5.74) is 1.97. The average molecular weight is 437 g/mol. The Labute approximate surface area is 177 Å². The summed E-state index contributed by atoms with van der Waals surface area (Å²) in [6.45, 7) is 7.09. The molecule has 1 unspecified atom stereocenters. The van der Waals surface area contributed by atoms with Crippen molar-refractivity contribution < 1.29 is 19.1 Å². The summed E-state index contributed by atoms with van der Waals surface area (Å²) in [5, 5.41) is 8.49. The SMILES string of the molecule is CCC(=O)N(c1nnc(SC(C)C(=O)c2[nH]c(C)c(C(=O)OC)c2C)s1)C1CC1. The van der Waals surface area contributed by atoms with Crippen LogP contribution in [0.2, 0.25) is 0 Å². The molecule has 156 valence electrons. The first-order valence-corrected chi connectivity index (χ1v) is 11.1. The average Bonchev–Trinajstić information content (AvgIpc) is 3.35. The zero-order chi connectivity index (χ0) is 21.3. The molecule has 0 bridgehead atoms. The molecule has 0 aliphatic heterocycles. The number of carbonyl (C=O) groups excluding carboxylic acids is 3. The lowest BCUT2D eigenvalue weighted by Crippen LogP contribution is -2.32. The number of nitrogens with zero attached hydrogens (tertiary/aromatic N) is 3. The zero-order valence-corrected chi connectivity index (χ0v) is 18.7. The number of aryl methyl sites for hydroxylation is 1. The van der Waals surface area contributed by atoms with Crippen LogP contribution in [0.15, 0.2) is 4.34 Å². The van der Waals surface area contributed by atoms with Crippen LogP contribution < -0.4 is 4.90 Å². The molecule has 8 nitrogen and oxygen atoms in total. The van der Waals surface area contributed by atoms with Crippen LogP contribution in [0.4, 0.5) is 5.13 Å². The van der Waals surface area contributed by atoms with Gasteiger partial charge in [-0.05, 0) is 39.2 Å². The van der Waals surface area contributed by atoms with E-state index in [1.807, 2.05) is 6.92 Å². The van der Waals surface area contributed by atoms with Gasteiger partial charge in [0.15, 0.2) is 10.1 Å². The van der Waals surface area contributed by atoms with E-state index in [4.69, 9.17) is 4.74 Å². The smallest absolute Gasteiger partial charge is 0.339 e. The van der Waals surface area contributed by atoms with Crippen molar-refractivity contribution in [3.05, 3.63) is 22.5 Å². The van der Waals surface area contributed by atoms with Crippen molar-refractivity contribution >= 4 is 45.9 Å². The molecule has 2 aromatic rings. The van der Waals surface area contributed by atoms with E-state index in [9.17, 15) is 14.4 Å². The molecule has 1 fully saturated rings. The molecule has 1 amide bonds. The molecule has 1 saturated carbocycles. The third kappa shape index (κ3) is 4.37. The second kappa shape index (κ2) is 8.66. The molecule has 1 aliphatic carbocycles. The van der Waals surface area contributed by atoms with E-state index in [1.165, 1.54) is 30.2 Å². The predicted molar refractivity (Wildman–Crippen MR) is 112 cm³/mol. The van der Waals surface area contributed by atoms with Gasteiger partial charge in [0.2, 0.25) is 11.0 Å². The quantitative estimate of drug-likeness (QED) is 0.292. The van der Waals surface area contributed by atoms with E-state index in [2.05, 4.69) is 15.2 Å². The fourth-order valence-corrected chi connectivity index (χ4v) is 5.26. The molecule has 3 rings (SSSR count). The third-order valence-electron chi connectivity index (χ3n) is 4.81. The number of amides is 1. The molecule has 2 aromatic heterocycles. The van der Waals surface area contributed by atoms with Crippen molar-refractivity contribution in [2.75, 3.05) is 12.0 Å². The summed E-state index contributed by atoms with van der Waals surface area (Å²) < 4.78 is 5.43. The highest BCUT2D eigenvalue weighted by atomic mass is 32.2. The number of ketones is 1. The second-order valence-corrected chi connectivity index (χ2v) is 9.48. The number of H-pyrrole nitrogens is 1. The first-order chi connectivity index (χ1) is 13.8. The molecule has 1 aliphatic rings. The monoisotopic (exact) mass is 436 g/mol. The summed E-state index contributed by atoms with van der Waals surface area (Å²) >= 11 is 2.62. The van der Waals surface area contributed by atoms with Gasteiger partial charge >= 0.3 is 5.97 Å². The Morgan fingerprint density at radius 1 is 1.31 bits per heavy atom. The molecule has 2 heterocycles. The summed E-state index contributed by atoms with van der Waals surface area (Å²) in [7, 11) is 1.31. The number of Topliss-reactive ketones (excluding diaryl/α,β-unsaturated/α-hetero) is 1. The molecule has 0 spiro atoms. The van der Waals surface area contributed by atoms with Crippen LogP contribution in [0, 0.1) is 13.8 Å². The van der Waals surface area contributed by atoms with Crippen molar-refractivity contribution in [3.8, 4) is 0 Å². The van der Waals surface area contributed by atoms with E-state index >= 15 is 0 Å². The number of esters is 1. The molecule has 0 saturated heterocycles. The summed E-state index contributed by atoms with van der Waals surface area (Å²) in [6, 6.07) is 0.216. The fourth-order valence-electron chi connectivity index (χ4n) is 3.13. The van der Waals surface area contributed by atoms with E-state index in [-0.39, 0.29) is 17.7 Å². The molecule has 1 N–H and O–H groups in total. The number of rotatable bonds is 8. The normalized spacial score (nSPS) is 14.5. The minimum absolute atomic E-state index is 0.0390. The second-order valence-electron chi connectivity index (χ2n) is 6.94. The Morgan fingerprint density at radius 2 is 2.00 bits per heavy atom. The summed E-state index contributed by atoms with van der Waals surface area (Å²) in [6.07, 6.45) is 2.38. The highest BCUT2D eigenvalue weighted by Gasteiger charge is 2.35. The molecule has 10 heteroatoms. The molecule has 0 aromatic carbocycles. The van der Waals surface area contributed by atoms with Crippen LogP contribution in [0.3, 0.4) is 0 Å². The van der Waals surface area contributed by atoms with Crippen LogP contribution in [0.25, 0.3) is 0 Å². The van der Waals surface area contributed by atoms with Gasteiger partial charge in [-0.2, -0.15) is 0 Å². The van der Waals surface area contributed by atoms with Crippen LogP contribution in [0.1, 0.15) is 65.2 Å². The van der Waals surface area contributed by atoms with Crippen molar-refractivity contribution in [3.63, 3.8) is 0 Å². The van der Waals surface area contributed by atoms with Gasteiger partial charge in [0.1, 0.15) is 0 Å². The Hall–Kier alpha value is -2.20. The van der Waals surface area contributed by atoms with E-state index in [1.54, 1.807) is 25.7 Å². The van der Waals surface area contributed by atoms with Gasteiger partial charge < -0.3 is 9.72 Å². The van der Waals surface area contributed by atoms with Gasteiger partial charge in [0.05, 0.1) is 23.6 Å². The van der Waals surface area contributed by atoms with Gasteiger partial charge in [0.25, 0.3) is 0 Å². The van der Waals surface area contributed by atoms with Gasteiger partial charge in [-0.25, -0.2) is 4.79 Å². The predicted octanol–water partition coefficient (Wildman–Crippen LogP) is 3.54. The summed E-state index contributed by atoms with van der Waals surface area (Å²) in [4.78, 5) is 41.9. The van der Waals surface area contributed by atoms with Crippen molar-refractivity contribution in [2.24, 2.45) is 0 Å². The number of thioether (sulfide) groups is 1. The number of carbonyl (C=O) groups is 3. The van der Waals surface area contributed by atoms with Crippen molar-refractivity contribution in [1.82, 2.24) is 15.2 Å². The first-order valence-electron chi connectivity index (χ1n) is 9.42. The molecular formula is C19H24N4O4S2. The lowest BCUT2D eigenvalue weighted by molar-refractivity contribution is -0.118. The van der Waals surface area contributed by atoms with Gasteiger partial charge in [-0.15, -0.1) is 10.2 Å². The number of aromatic amines is 1. The highest BCUT2D eigenvalue weighted by molar-refractivity contribution is 8.02. The Kier molecular flexibility index (Phi) is 6.42. The van der Waals surface area contributed by atoms with Crippen molar-refractivity contribution in [1.29, 1.82) is 0 Å². The third-order valence-corrected chi connectivity index (χ3v) is 6.91. The first kappa shape index (κ1) is 21.5. The molecule has 29 heavy (non-hydrogen) atoms. The fraction of sp³-hybridized carbons (Fsp3) is 0.526. The number of methoxy groups -OCH3 is 1. The Morgan fingerprint density at radius 3 is 2.59 bits per heavy atom. The summed E-state index contributed by atoms with van der Waals surface area (Å²) in [5.74, 6) is -0.562. The Bertz CT molecular complexity index is 948. The maximum absolute atomic E-state index is 12.9. The number of ether oxygens (including phenoxy) is 1. The Balaban J connectivity index is 1.75. The molecule has 1 atom stereocenters. The molecular weight excluding hydrogens is 412 g/mol. The van der Waals surface area contributed by atoms with Crippen molar-refractivity contribution in [2.45, 2.75) is 62.6 Å². The van der Waals surface area contributed by atoms with E-state index < -0.39 is 11.2 Å². The topological polar surface area (TPSA) is 105 Å².